The van der Waals surface area contributed by atoms with Crippen LogP contribution in [0.5, 0.6) is 5.88 Å². The SMILES string of the molecule is CCC1CCCCC1Oc1ccc(/C(N)=N/O)cn1. The molecular formula is C14H21N3O2. The Morgan fingerprint density at radius 3 is 2.89 bits per heavy atom. The van der Waals surface area contributed by atoms with Gasteiger partial charge in [0.2, 0.25) is 5.88 Å². The fourth-order valence-electron chi connectivity index (χ4n) is 2.61. The van der Waals surface area contributed by atoms with Crippen LogP contribution >= 0.6 is 0 Å². The molecule has 2 rings (SSSR count). The van der Waals surface area contributed by atoms with Gasteiger partial charge in [0.15, 0.2) is 5.84 Å². The number of hydrogen-bond acceptors (Lipinski definition) is 4. The number of nitrogens with two attached hydrogens (primary N) is 1. The average Bonchev–Trinajstić information content (AvgIpc) is 2.48. The van der Waals surface area contributed by atoms with Crippen molar-refractivity contribution in [2.24, 2.45) is 16.8 Å². The van der Waals surface area contributed by atoms with Crippen LogP contribution in [-0.4, -0.2) is 22.1 Å². The van der Waals surface area contributed by atoms with Crippen LogP contribution in [0, 0.1) is 5.92 Å². The number of rotatable bonds is 4. The van der Waals surface area contributed by atoms with Crippen molar-refractivity contribution >= 4 is 5.84 Å². The fraction of sp³-hybridized carbons (Fsp3) is 0.571. The van der Waals surface area contributed by atoms with Crippen molar-refractivity contribution in [3.8, 4) is 5.88 Å². The number of hydrogen-bond donors (Lipinski definition) is 2. The lowest BCUT2D eigenvalue weighted by Crippen LogP contribution is -2.30. The van der Waals surface area contributed by atoms with Gasteiger partial charge in [0.1, 0.15) is 6.10 Å². The molecule has 2 unspecified atom stereocenters. The van der Waals surface area contributed by atoms with Crippen LogP contribution in [0.2, 0.25) is 0 Å². The van der Waals surface area contributed by atoms with Crippen LogP contribution < -0.4 is 10.5 Å². The zero-order chi connectivity index (χ0) is 13.7. The van der Waals surface area contributed by atoms with Crippen LogP contribution in [0.3, 0.4) is 0 Å². The summed E-state index contributed by atoms with van der Waals surface area (Å²) in [5.41, 5.74) is 6.08. The van der Waals surface area contributed by atoms with Gasteiger partial charge in [-0.05, 0) is 37.7 Å². The van der Waals surface area contributed by atoms with Crippen molar-refractivity contribution in [3.05, 3.63) is 23.9 Å². The Morgan fingerprint density at radius 1 is 1.47 bits per heavy atom. The molecule has 1 aliphatic carbocycles. The van der Waals surface area contributed by atoms with E-state index in [0.29, 0.717) is 17.4 Å². The maximum absolute atomic E-state index is 8.59. The lowest BCUT2D eigenvalue weighted by molar-refractivity contribution is 0.0858. The first-order valence-corrected chi connectivity index (χ1v) is 6.85. The van der Waals surface area contributed by atoms with Gasteiger partial charge in [0.05, 0.1) is 0 Å². The van der Waals surface area contributed by atoms with Gasteiger partial charge in [-0.1, -0.05) is 18.5 Å². The maximum Gasteiger partial charge on any atom is 0.213 e. The standard InChI is InChI=1S/C14H21N3O2/c1-2-10-5-3-4-6-12(10)19-13-8-7-11(9-16-13)14(15)17-18/h7-10,12,18H,2-6H2,1H3,(H2,15,17). The molecule has 1 heterocycles. The minimum atomic E-state index is 0.0585. The average molecular weight is 263 g/mol. The van der Waals surface area contributed by atoms with Gasteiger partial charge >= 0.3 is 0 Å². The molecule has 19 heavy (non-hydrogen) atoms. The van der Waals surface area contributed by atoms with E-state index >= 15 is 0 Å². The highest BCUT2D eigenvalue weighted by molar-refractivity contribution is 5.96. The van der Waals surface area contributed by atoms with E-state index < -0.39 is 0 Å². The molecule has 0 saturated heterocycles. The molecule has 1 aromatic rings. The Morgan fingerprint density at radius 2 is 2.26 bits per heavy atom. The molecule has 1 aliphatic rings. The van der Waals surface area contributed by atoms with Crippen molar-refractivity contribution in [3.63, 3.8) is 0 Å². The van der Waals surface area contributed by atoms with E-state index in [1.165, 1.54) is 19.3 Å². The predicted octanol–water partition coefficient (Wildman–Crippen LogP) is 2.52. The molecule has 1 saturated carbocycles. The fourth-order valence-corrected chi connectivity index (χ4v) is 2.61. The third kappa shape index (κ3) is 3.36. The summed E-state index contributed by atoms with van der Waals surface area (Å²) in [4.78, 5) is 4.22. The number of amidine groups is 1. The van der Waals surface area contributed by atoms with E-state index in [4.69, 9.17) is 15.7 Å². The molecule has 0 radical (unpaired) electrons. The molecule has 0 spiro atoms. The molecule has 0 aliphatic heterocycles. The molecule has 104 valence electrons. The molecule has 2 atom stereocenters. The van der Waals surface area contributed by atoms with Gasteiger partial charge < -0.3 is 15.7 Å². The van der Waals surface area contributed by atoms with Gasteiger partial charge in [0.25, 0.3) is 0 Å². The van der Waals surface area contributed by atoms with E-state index in [0.717, 1.165) is 12.8 Å². The summed E-state index contributed by atoms with van der Waals surface area (Å²) in [6.07, 6.45) is 7.84. The van der Waals surface area contributed by atoms with E-state index in [2.05, 4.69) is 17.1 Å². The highest BCUT2D eigenvalue weighted by atomic mass is 16.5. The first-order chi connectivity index (χ1) is 9.24. The van der Waals surface area contributed by atoms with E-state index in [9.17, 15) is 0 Å². The summed E-state index contributed by atoms with van der Waals surface area (Å²) in [6.45, 7) is 2.21. The Kier molecular flexibility index (Phi) is 4.60. The van der Waals surface area contributed by atoms with Crippen LogP contribution in [0.15, 0.2) is 23.5 Å². The zero-order valence-corrected chi connectivity index (χ0v) is 11.2. The lowest BCUT2D eigenvalue weighted by atomic mass is 9.85. The second-order valence-electron chi connectivity index (χ2n) is 4.98. The van der Waals surface area contributed by atoms with Gasteiger partial charge in [0, 0.05) is 17.8 Å². The van der Waals surface area contributed by atoms with Crippen molar-refractivity contribution in [1.29, 1.82) is 0 Å². The second kappa shape index (κ2) is 6.41. The van der Waals surface area contributed by atoms with Crippen molar-refractivity contribution in [1.82, 2.24) is 4.98 Å². The molecule has 5 heteroatoms. The highest BCUT2D eigenvalue weighted by Gasteiger charge is 2.25. The van der Waals surface area contributed by atoms with Crippen LogP contribution in [0.25, 0.3) is 0 Å². The number of nitrogens with zero attached hydrogens (tertiary/aromatic N) is 2. The maximum atomic E-state index is 8.59. The summed E-state index contributed by atoms with van der Waals surface area (Å²) >= 11 is 0. The molecule has 1 aromatic heterocycles. The molecule has 1 fully saturated rings. The predicted molar refractivity (Wildman–Crippen MR) is 73.4 cm³/mol. The number of ether oxygens (including phenoxy) is 1. The Labute approximate surface area is 113 Å². The summed E-state index contributed by atoms with van der Waals surface area (Å²) in [5, 5.41) is 11.5. The third-order valence-corrected chi connectivity index (χ3v) is 3.78. The largest absolute Gasteiger partial charge is 0.474 e. The van der Waals surface area contributed by atoms with Crippen molar-refractivity contribution < 1.29 is 9.94 Å². The van der Waals surface area contributed by atoms with Crippen LogP contribution in [0.1, 0.15) is 44.6 Å². The van der Waals surface area contributed by atoms with E-state index in [1.807, 2.05) is 0 Å². The molecule has 0 amide bonds. The van der Waals surface area contributed by atoms with Gasteiger partial charge in [-0.15, -0.1) is 0 Å². The van der Waals surface area contributed by atoms with Crippen LogP contribution in [0.4, 0.5) is 0 Å². The van der Waals surface area contributed by atoms with E-state index in [1.54, 1.807) is 18.3 Å². The number of oxime groups is 1. The first-order valence-electron chi connectivity index (χ1n) is 6.85. The smallest absolute Gasteiger partial charge is 0.213 e. The van der Waals surface area contributed by atoms with E-state index in [-0.39, 0.29) is 11.9 Å². The number of aromatic nitrogens is 1. The Balaban J connectivity index is 2.02. The lowest BCUT2D eigenvalue weighted by Gasteiger charge is -2.30. The quantitative estimate of drug-likeness (QED) is 0.378. The molecule has 5 nitrogen and oxygen atoms in total. The van der Waals surface area contributed by atoms with Crippen LogP contribution in [-0.2, 0) is 0 Å². The minimum absolute atomic E-state index is 0.0585. The Hall–Kier alpha value is -1.78. The zero-order valence-electron chi connectivity index (χ0n) is 11.2. The summed E-state index contributed by atoms with van der Waals surface area (Å²) in [7, 11) is 0. The third-order valence-electron chi connectivity index (χ3n) is 3.78. The Bertz CT molecular complexity index is 431. The molecular weight excluding hydrogens is 242 g/mol. The summed E-state index contributed by atoms with van der Waals surface area (Å²) in [5.74, 6) is 1.29. The molecule has 0 bridgehead atoms. The van der Waals surface area contributed by atoms with Gasteiger partial charge in [-0.25, -0.2) is 4.98 Å². The summed E-state index contributed by atoms with van der Waals surface area (Å²) < 4.78 is 5.97. The minimum Gasteiger partial charge on any atom is -0.474 e. The monoisotopic (exact) mass is 263 g/mol. The normalized spacial score (nSPS) is 24.2. The number of pyridine rings is 1. The van der Waals surface area contributed by atoms with Crippen molar-refractivity contribution in [2.75, 3.05) is 0 Å². The molecule has 0 aromatic carbocycles. The van der Waals surface area contributed by atoms with Crippen molar-refractivity contribution in [2.45, 2.75) is 45.1 Å². The topological polar surface area (TPSA) is 80.7 Å². The van der Waals surface area contributed by atoms with Gasteiger partial charge in [-0.2, -0.15) is 0 Å². The molecule has 3 N–H and O–H groups in total. The summed E-state index contributed by atoms with van der Waals surface area (Å²) in [6, 6.07) is 3.52. The van der Waals surface area contributed by atoms with Gasteiger partial charge in [-0.3, -0.25) is 0 Å². The second-order valence-corrected chi connectivity index (χ2v) is 4.98. The highest BCUT2D eigenvalue weighted by Crippen LogP contribution is 2.29. The first kappa shape index (κ1) is 13.6.